The fourth-order valence-electron chi connectivity index (χ4n) is 1.23. The zero-order valence-electron chi connectivity index (χ0n) is 5.65. The van der Waals surface area contributed by atoms with Gasteiger partial charge in [0.25, 0.3) is 5.90 Å². The first-order valence-corrected chi connectivity index (χ1v) is 3.45. The van der Waals surface area contributed by atoms with Crippen LogP contribution in [-0.4, -0.2) is 5.90 Å². The average molecular weight is 147 g/mol. The molecule has 1 aromatic rings. The van der Waals surface area contributed by atoms with Crippen LogP contribution in [0, 0.1) is 0 Å². The van der Waals surface area contributed by atoms with Gasteiger partial charge in [-0.2, -0.15) is 0 Å². The summed E-state index contributed by atoms with van der Waals surface area (Å²) in [5, 5.41) is 3.74. The quantitative estimate of drug-likeness (QED) is 0.520. The standard InChI is InChI=1S/C8H5NO2/c1-2-4-6-5(3-1)7-8(10-7)9-11-6/h1-4,7H. The minimum atomic E-state index is 0.0833. The monoisotopic (exact) mass is 147 g/mol. The van der Waals surface area contributed by atoms with Gasteiger partial charge in [-0.05, 0) is 11.2 Å². The molecule has 0 aromatic heterocycles. The lowest BCUT2D eigenvalue weighted by atomic mass is 10.1. The normalized spacial score (nSPS) is 23.6. The summed E-state index contributed by atoms with van der Waals surface area (Å²) in [6, 6.07) is 7.76. The van der Waals surface area contributed by atoms with Crippen LogP contribution in [0.3, 0.4) is 0 Å². The first-order valence-electron chi connectivity index (χ1n) is 3.45. The molecule has 0 amide bonds. The number of benzene rings is 1. The fraction of sp³-hybridized carbons (Fsp3) is 0.125. The predicted molar refractivity (Wildman–Crippen MR) is 38.3 cm³/mol. The lowest BCUT2D eigenvalue weighted by molar-refractivity contribution is 0.334. The third-order valence-corrected chi connectivity index (χ3v) is 1.84. The van der Waals surface area contributed by atoms with Gasteiger partial charge >= 0.3 is 0 Å². The van der Waals surface area contributed by atoms with Crippen LogP contribution in [0.2, 0.25) is 0 Å². The summed E-state index contributed by atoms with van der Waals surface area (Å²) in [7, 11) is 0. The molecule has 0 radical (unpaired) electrons. The van der Waals surface area contributed by atoms with Crippen LogP contribution in [0.15, 0.2) is 29.4 Å². The van der Waals surface area contributed by atoms with Gasteiger partial charge in [0.2, 0.25) is 6.10 Å². The predicted octanol–water partition coefficient (Wildman–Crippen LogP) is 1.46. The highest BCUT2D eigenvalue weighted by Gasteiger charge is 2.42. The summed E-state index contributed by atoms with van der Waals surface area (Å²) in [5.74, 6) is 1.50. The molecule has 3 heteroatoms. The van der Waals surface area contributed by atoms with Gasteiger partial charge in [0, 0.05) is 5.56 Å². The van der Waals surface area contributed by atoms with Crippen molar-refractivity contribution >= 4 is 5.90 Å². The highest BCUT2D eigenvalue weighted by atomic mass is 16.7. The van der Waals surface area contributed by atoms with E-state index in [1.807, 2.05) is 24.3 Å². The van der Waals surface area contributed by atoms with Gasteiger partial charge in [-0.15, -0.1) is 0 Å². The number of epoxide rings is 1. The van der Waals surface area contributed by atoms with E-state index in [0.717, 1.165) is 11.3 Å². The van der Waals surface area contributed by atoms with Crippen LogP contribution < -0.4 is 4.84 Å². The minimum absolute atomic E-state index is 0.0833. The van der Waals surface area contributed by atoms with Crippen molar-refractivity contribution in [3.63, 3.8) is 0 Å². The van der Waals surface area contributed by atoms with Crippen molar-refractivity contribution in [3.8, 4) is 5.75 Å². The SMILES string of the molecule is c1ccc2c(c1)ON=C1OC12. The molecule has 1 atom stereocenters. The number of oxime groups is 1. The third-order valence-electron chi connectivity index (χ3n) is 1.84. The second-order valence-electron chi connectivity index (χ2n) is 2.56. The van der Waals surface area contributed by atoms with Gasteiger partial charge in [0.05, 0.1) is 0 Å². The summed E-state index contributed by atoms with van der Waals surface area (Å²) < 4.78 is 5.13. The lowest BCUT2D eigenvalue weighted by Gasteiger charge is -2.03. The molecule has 11 heavy (non-hydrogen) atoms. The third kappa shape index (κ3) is 0.596. The smallest absolute Gasteiger partial charge is 0.274 e. The van der Waals surface area contributed by atoms with Crippen molar-refractivity contribution in [2.24, 2.45) is 5.16 Å². The Kier molecular flexibility index (Phi) is 0.733. The molecular formula is C8H5NO2. The van der Waals surface area contributed by atoms with E-state index in [2.05, 4.69) is 5.16 Å². The topological polar surface area (TPSA) is 34.1 Å². The largest absolute Gasteiger partial charge is 0.457 e. The fourth-order valence-corrected chi connectivity index (χ4v) is 1.23. The molecule has 0 bridgehead atoms. The Hall–Kier alpha value is -1.51. The Morgan fingerprint density at radius 3 is 3.18 bits per heavy atom. The van der Waals surface area contributed by atoms with E-state index in [1.54, 1.807) is 0 Å². The molecule has 1 unspecified atom stereocenters. The molecule has 2 heterocycles. The molecule has 0 aliphatic carbocycles. The van der Waals surface area contributed by atoms with Crippen LogP contribution in [0.5, 0.6) is 5.75 Å². The molecule has 1 saturated heterocycles. The Bertz CT molecular complexity index is 346. The van der Waals surface area contributed by atoms with Crippen LogP contribution >= 0.6 is 0 Å². The van der Waals surface area contributed by atoms with E-state index < -0.39 is 0 Å². The van der Waals surface area contributed by atoms with E-state index in [4.69, 9.17) is 9.57 Å². The highest BCUT2D eigenvalue weighted by Crippen LogP contribution is 2.41. The van der Waals surface area contributed by atoms with Crippen LogP contribution in [-0.2, 0) is 4.74 Å². The number of hydrogen-bond acceptors (Lipinski definition) is 3. The van der Waals surface area contributed by atoms with Gasteiger partial charge in [-0.3, -0.25) is 0 Å². The van der Waals surface area contributed by atoms with Crippen LogP contribution in [0.1, 0.15) is 11.7 Å². The maximum Gasteiger partial charge on any atom is 0.274 e. The average Bonchev–Trinajstić information content (AvgIpc) is 2.83. The van der Waals surface area contributed by atoms with Crippen molar-refractivity contribution in [1.82, 2.24) is 0 Å². The number of rotatable bonds is 0. The van der Waals surface area contributed by atoms with Crippen LogP contribution in [0.4, 0.5) is 0 Å². The van der Waals surface area contributed by atoms with Gasteiger partial charge in [-0.1, -0.05) is 18.2 Å². The van der Waals surface area contributed by atoms with Crippen molar-refractivity contribution in [2.75, 3.05) is 0 Å². The number of fused-ring (bicyclic) bond motifs is 3. The zero-order chi connectivity index (χ0) is 7.26. The van der Waals surface area contributed by atoms with Gasteiger partial charge < -0.3 is 9.57 Å². The van der Waals surface area contributed by atoms with Crippen molar-refractivity contribution < 1.29 is 9.57 Å². The molecule has 3 rings (SSSR count). The van der Waals surface area contributed by atoms with E-state index >= 15 is 0 Å². The number of nitrogens with zero attached hydrogens (tertiary/aromatic N) is 1. The maximum atomic E-state index is 5.13. The first-order chi connectivity index (χ1) is 5.45. The summed E-state index contributed by atoms with van der Waals surface area (Å²) >= 11 is 0. The van der Waals surface area contributed by atoms with Gasteiger partial charge in [-0.25, -0.2) is 0 Å². The molecule has 1 fully saturated rings. The van der Waals surface area contributed by atoms with Crippen molar-refractivity contribution in [1.29, 1.82) is 0 Å². The van der Waals surface area contributed by atoms with Gasteiger partial charge in [0.15, 0.2) is 5.75 Å². The molecular weight excluding hydrogens is 142 g/mol. The van der Waals surface area contributed by atoms with Crippen molar-refractivity contribution in [2.45, 2.75) is 6.10 Å². The minimum Gasteiger partial charge on any atom is -0.457 e. The molecule has 0 spiro atoms. The Morgan fingerprint density at radius 2 is 2.18 bits per heavy atom. The summed E-state index contributed by atoms with van der Waals surface area (Å²) in [5.41, 5.74) is 1.08. The number of hydrogen-bond donors (Lipinski definition) is 0. The van der Waals surface area contributed by atoms with Gasteiger partial charge in [0.1, 0.15) is 0 Å². The Labute approximate surface area is 63.2 Å². The summed E-state index contributed by atoms with van der Waals surface area (Å²) in [6.07, 6.45) is 0.0833. The molecule has 2 aliphatic rings. The molecule has 3 nitrogen and oxygen atoms in total. The Balaban J connectivity index is 2.21. The molecule has 0 saturated carbocycles. The van der Waals surface area contributed by atoms with E-state index in [1.165, 1.54) is 0 Å². The van der Waals surface area contributed by atoms with Crippen LogP contribution in [0.25, 0.3) is 0 Å². The number of para-hydroxylation sites is 1. The second kappa shape index (κ2) is 1.56. The molecule has 1 aromatic carbocycles. The first kappa shape index (κ1) is 5.18. The molecule has 2 aliphatic heterocycles. The van der Waals surface area contributed by atoms with E-state index in [0.29, 0.717) is 5.90 Å². The van der Waals surface area contributed by atoms with Crippen molar-refractivity contribution in [3.05, 3.63) is 29.8 Å². The van der Waals surface area contributed by atoms with E-state index in [-0.39, 0.29) is 6.10 Å². The van der Waals surface area contributed by atoms with E-state index in [9.17, 15) is 0 Å². The zero-order valence-corrected chi connectivity index (χ0v) is 5.65. The molecule has 54 valence electrons. The Morgan fingerprint density at radius 1 is 1.27 bits per heavy atom. The maximum absolute atomic E-state index is 5.13. The highest BCUT2D eigenvalue weighted by molar-refractivity contribution is 5.95. The molecule has 0 N–H and O–H groups in total. The summed E-state index contributed by atoms with van der Waals surface area (Å²) in [6.45, 7) is 0. The number of ether oxygens (including phenoxy) is 1. The summed E-state index contributed by atoms with van der Waals surface area (Å²) in [4.78, 5) is 5.04. The second-order valence-corrected chi connectivity index (χ2v) is 2.56. The lowest BCUT2D eigenvalue weighted by Crippen LogP contribution is -1.96.